The van der Waals surface area contributed by atoms with Gasteiger partial charge < -0.3 is 19.5 Å². The highest BCUT2D eigenvalue weighted by molar-refractivity contribution is 6.02. The van der Waals surface area contributed by atoms with Gasteiger partial charge in [-0.05, 0) is 42.0 Å². The van der Waals surface area contributed by atoms with E-state index in [1.807, 2.05) is 0 Å². The van der Waals surface area contributed by atoms with Crippen molar-refractivity contribution in [1.29, 1.82) is 0 Å². The highest BCUT2D eigenvalue weighted by Crippen LogP contribution is 2.28. The monoisotopic (exact) mass is 385 g/mol. The number of halogens is 1. The number of benzene rings is 2. The molecule has 2 aromatic carbocycles. The van der Waals surface area contributed by atoms with Gasteiger partial charge in [0.2, 0.25) is 0 Å². The minimum Gasteiger partial charge on any atom is -0.494 e. The molecule has 1 aliphatic heterocycles. The molecule has 0 aromatic heterocycles. The third kappa shape index (κ3) is 4.53. The van der Waals surface area contributed by atoms with Gasteiger partial charge in [0.15, 0.2) is 30.6 Å². The number of amides is 1. The molecule has 2 aromatic rings. The first-order valence-electron chi connectivity index (χ1n) is 8.24. The molecule has 0 radical (unpaired) electrons. The zero-order chi connectivity index (χ0) is 20.1. The molecule has 7 nitrogen and oxygen atoms in total. The number of nitrogens with one attached hydrogen (secondary N) is 1. The molecule has 3 rings (SSSR count). The Morgan fingerprint density at radius 2 is 2.07 bits per heavy atom. The lowest BCUT2D eigenvalue weighted by atomic mass is 10.1. The first-order valence-corrected chi connectivity index (χ1v) is 8.24. The highest BCUT2D eigenvalue weighted by Gasteiger charge is 2.18. The molecule has 144 valence electrons. The van der Waals surface area contributed by atoms with Crippen LogP contribution < -0.4 is 14.8 Å². The fourth-order valence-electron chi connectivity index (χ4n) is 2.48. The quantitative estimate of drug-likeness (QED) is 0.467. The lowest BCUT2D eigenvalue weighted by molar-refractivity contribution is -0.136. The van der Waals surface area contributed by atoms with E-state index < -0.39 is 24.2 Å². The maximum absolute atomic E-state index is 13.6. The molecule has 8 heteroatoms. The molecule has 1 amide bonds. The summed E-state index contributed by atoms with van der Waals surface area (Å²) >= 11 is 0. The van der Waals surface area contributed by atoms with Crippen LogP contribution in [0.1, 0.15) is 15.9 Å². The Morgan fingerprint density at radius 1 is 1.25 bits per heavy atom. The summed E-state index contributed by atoms with van der Waals surface area (Å²) in [4.78, 5) is 35.3. The minimum atomic E-state index is -0.751. The van der Waals surface area contributed by atoms with Crippen LogP contribution >= 0.6 is 0 Å². The lowest BCUT2D eigenvalue weighted by Gasteiger charge is -2.18. The van der Waals surface area contributed by atoms with Gasteiger partial charge in [0, 0.05) is 11.6 Å². The van der Waals surface area contributed by atoms with Gasteiger partial charge in [0.1, 0.15) is 5.75 Å². The third-order valence-corrected chi connectivity index (χ3v) is 3.87. The number of carbonyl (C=O) groups excluding carboxylic acids is 3. The second-order valence-electron chi connectivity index (χ2n) is 5.81. The molecule has 0 atom stereocenters. The Morgan fingerprint density at radius 3 is 2.82 bits per heavy atom. The van der Waals surface area contributed by atoms with Crippen LogP contribution in [0.2, 0.25) is 0 Å². The van der Waals surface area contributed by atoms with Crippen LogP contribution in [0, 0.1) is 5.82 Å². The number of hydrogen-bond acceptors (Lipinski definition) is 6. The average Bonchev–Trinajstić information content (AvgIpc) is 2.70. The van der Waals surface area contributed by atoms with Crippen molar-refractivity contribution in [1.82, 2.24) is 0 Å². The normalized spacial score (nSPS) is 12.7. The van der Waals surface area contributed by atoms with Crippen molar-refractivity contribution in [3.63, 3.8) is 0 Å². The number of esters is 1. The summed E-state index contributed by atoms with van der Waals surface area (Å²) in [6.45, 7) is -0.559. The van der Waals surface area contributed by atoms with Crippen molar-refractivity contribution in [3.05, 3.63) is 59.4 Å². The van der Waals surface area contributed by atoms with Gasteiger partial charge in [0.05, 0.1) is 12.8 Å². The van der Waals surface area contributed by atoms with Gasteiger partial charge in [-0.3, -0.25) is 9.59 Å². The fraction of sp³-hybridized carbons (Fsp3) is 0.150. The van der Waals surface area contributed by atoms with Crippen LogP contribution in [0.3, 0.4) is 0 Å². The second-order valence-corrected chi connectivity index (χ2v) is 5.81. The predicted octanol–water partition coefficient (Wildman–Crippen LogP) is 2.60. The maximum Gasteiger partial charge on any atom is 0.331 e. The molecule has 1 aliphatic rings. The van der Waals surface area contributed by atoms with Gasteiger partial charge >= 0.3 is 5.97 Å². The summed E-state index contributed by atoms with van der Waals surface area (Å²) in [5.74, 6) is -1.51. The van der Waals surface area contributed by atoms with Crippen LogP contribution in [-0.2, 0) is 14.3 Å². The third-order valence-electron chi connectivity index (χ3n) is 3.87. The van der Waals surface area contributed by atoms with E-state index in [4.69, 9.17) is 14.2 Å². The van der Waals surface area contributed by atoms with Gasteiger partial charge in [-0.25, -0.2) is 9.18 Å². The largest absolute Gasteiger partial charge is 0.494 e. The minimum absolute atomic E-state index is 0.0810. The fourth-order valence-corrected chi connectivity index (χ4v) is 2.48. The highest BCUT2D eigenvalue weighted by atomic mass is 19.1. The molecule has 0 spiro atoms. The zero-order valence-electron chi connectivity index (χ0n) is 14.9. The Hall–Kier alpha value is -3.68. The standard InChI is InChI=1S/C20H16FNO6/c1-26-17-5-2-12(8-14(17)21)3-7-20(25)28-10-16(23)13-4-6-18-15(9-13)22-19(24)11-27-18/h2-9H,10-11H2,1H3,(H,22,24)/b7-3+. The number of methoxy groups -OCH3 is 1. The smallest absolute Gasteiger partial charge is 0.331 e. The molecule has 0 fully saturated rings. The van der Waals surface area contributed by atoms with Crippen molar-refractivity contribution >= 4 is 29.4 Å². The van der Waals surface area contributed by atoms with Crippen molar-refractivity contribution in [2.75, 3.05) is 25.6 Å². The molecular weight excluding hydrogens is 369 g/mol. The number of ketones is 1. The Balaban J connectivity index is 1.57. The van der Waals surface area contributed by atoms with Gasteiger partial charge in [-0.2, -0.15) is 0 Å². The summed E-state index contributed by atoms with van der Waals surface area (Å²) in [7, 11) is 1.35. The number of ether oxygens (including phenoxy) is 3. The van der Waals surface area contributed by atoms with Crippen LogP contribution in [0.25, 0.3) is 6.08 Å². The molecule has 28 heavy (non-hydrogen) atoms. The number of Topliss-reactive ketones (excluding diaryl/α,β-unsaturated/α-hetero) is 1. The number of rotatable bonds is 6. The van der Waals surface area contributed by atoms with Crippen LogP contribution in [-0.4, -0.2) is 38.0 Å². The second kappa shape index (κ2) is 8.34. The van der Waals surface area contributed by atoms with E-state index in [1.54, 1.807) is 12.1 Å². The SMILES string of the molecule is COc1ccc(/C=C/C(=O)OCC(=O)c2ccc3c(c2)NC(=O)CO3)cc1F. The zero-order valence-corrected chi connectivity index (χ0v) is 14.9. The summed E-state index contributed by atoms with van der Waals surface area (Å²) in [6.07, 6.45) is 2.45. The summed E-state index contributed by atoms with van der Waals surface area (Å²) in [5, 5.41) is 2.60. The topological polar surface area (TPSA) is 90.9 Å². The Labute approximate surface area is 159 Å². The number of carbonyl (C=O) groups is 3. The van der Waals surface area contributed by atoms with Gasteiger partial charge in [-0.15, -0.1) is 0 Å². The van der Waals surface area contributed by atoms with Gasteiger partial charge in [0.25, 0.3) is 5.91 Å². The number of hydrogen-bond donors (Lipinski definition) is 1. The van der Waals surface area contributed by atoms with E-state index in [0.29, 0.717) is 17.0 Å². The summed E-state index contributed by atoms with van der Waals surface area (Å²) in [6, 6.07) is 8.74. The van der Waals surface area contributed by atoms with E-state index in [2.05, 4.69) is 5.32 Å². The first kappa shape index (κ1) is 19.1. The van der Waals surface area contributed by atoms with Crippen molar-refractivity contribution in [3.8, 4) is 11.5 Å². The van der Waals surface area contributed by atoms with Crippen LogP contribution in [0.4, 0.5) is 10.1 Å². The molecule has 0 unspecified atom stereocenters. The van der Waals surface area contributed by atoms with E-state index in [1.165, 1.54) is 37.5 Å². The Kier molecular flexibility index (Phi) is 5.69. The van der Waals surface area contributed by atoms with Crippen molar-refractivity contribution in [2.45, 2.75) is 0 Å². The molecule has 0 saturated heterocycles. The van der Waals surface area contributed by atoms with E-state index in [-0.39, 0.29) is 23.8 Å². The van der Waals surface area contributed by atoms with Gasteiger partial charge in [-0.1, -0.05) is 6.07 Å². The molecular formula is C20H16FNO6. The number of anilines is 1. The average molecular weight is 385 g/mol. The molecule has 1 heterocycles. The molecule has 0 saturated carbocycles. The Bertz CT molecular complexity index is 969. The van der Waals surface area contributed by atoms with E-state index in [0.717, 1.165) is 6.08 Å². The van der Waals surface area contributed by atoms with E-state index in [9.17, 15) is 18.8 Å². The summed E-state index contributed by atoms with van der Waals surface area (Å²) < 4.78 is 28.5. The molecule has 1 N–H and O–H groups in total. The molecule has 0 aliphatic carbocycles. The number of fused-ring (bicyclic) bond motifs is 1. The van der Waals surface area contributed by atoms with Crippen LogP contribution in [0.15, 0.2) is 42.5 Å². The lowest BCUT2D eigenvalue weighted by Crippen LogP contribution is -2.25. The van der Waals surface area contributed by atoms with Crippen LogP contribution in [0.5, 0.6) is 11.5 Å². The first-order chi connectivity index (χ1) is 13.5. The van der Waals surface area contributed by atoms with E-state index >= 15 is 0 Å². The molecule has 0 bridgehead atoms. The van der Waals surface area contributed by atoms with Crippen molar-refractivity contribution < 1.29 is 33.0 Å². The maximum atomic E-state index is 13.6. The summed E-state index contributed by atoms with van der Waals surface area (Å²) in [5.41, 5.74) is 1.08. The predicted molar refractivity (Wildman–Crippen MR) is 97.8 cm³/mol. The van der Waals surface area contributed by atoms with Crippen molar-refractivity contribution in [2.24, 2.45) is 0 Å².